The normalized spacial score (nSPS) is 15.3. The van der Waals surface area contributed by atoms with Crippen molar-refractivity contribution in [1.82, 2.24) is 5.32 Å². The molecule has 0 aliphatic heterocycles. The van der Waals surface area contributed by atoms with E-state index in [1.54, 1.807) is 0 Å². The second-order valence-electron chi connectivity index (χ2n) is 4.33. The van der Waals surface area contributed by atoms with Gasteiger partial charge in [-0.05, 0) is 43.0 Å². The van der Waals surface area contributed by atoms with Gasteiger partial charge in [-0.25, -0.2) is 0 Å². The molecule has 0 spiro atoms. The predicted octanol–water partition coefficient (Wildman–Crippen LogP) is 2.86. The van der Waals surface area contributed by atoms with Crippen LogP contribution in [0, 0.1) is 5.92 Å². The van der Waals surface area contributed by atoms with E-state index in [2.05, 4.69) is 5.32 Å². The van der Waals surface area contributed by atoms with Gasteiger partial charge in [0, 0.05) is 11.6 Å². The second-order valence-corrected chi connectivity index (χ2v) is 4.77. The van der Waals surface area contributed by atoms with Gasteiger partial charge in [0.25, 0.3) is 0 Å². The van der Waals surface area contributed by atoms with Gasteiger partial charge in [-0.1, -0.05) is 23.7 Å². The smallest absolute Gasteiger partial charge is 0.0718 e. The first kappa shape index (κ1) is 11.9. The summed E-state index contributed by atoms with van der Waals surface area (Å²) < 4.78 is 5.56. The van der Waals surface area contributed by atoms with Crippen LogP contribution in [-0.4, -0.2) is 19.7 Å². The van der Waals surface area contributed by atoms with Gasteiger partial charge in [0.1, 0.15) is 0 Å². The Kier molecular flexibility index (Phi) is 4.64. The van der Waals surface area contributed by atoms with Crippen molar-refractivity contribution >= 4 is 11.6 Å². The first-order valence-electron chi connectivity index (χ1n) is 5.87. The number of halogens is 1. The molecule has 0 saturated heterocycles. The maximum atomic E-state index is 5.88. The largest absolute Gasteiger partial charge is 0.375 e. The van der Waals surface area contributed by atoms with Gasteiger partial charge in [0.05, 0.1) is 13.2 Å². The van der Waals surface area contributed by atoms with E-state index in [0.29, 0.717) is 6.61 Å². The highest BCUT2D eigenvalue weighted by Gasteiger charge is 2.19. The molecular weight excluding hydrogens is 222 g/mol. The first-order chi connectivity index (χ1) is 7.84. The molecule has 1 aromatic carbocycles. The third kappa shape index (κ3) is 4.52. The zero-order chi connectivity index (χ0) is 11.2. The third-order valence-electron chi connectivity index (χ3n) is 2.71. The molecule has 0 amide bonds. The average molecular weight is 240 g/mol. The molecule has 3 heteroatoms. The lowest BCUT2D eigenvalue weighted by molar-refractivity contribution is 0.122. The van der Waals surface area contributed by atoms with Crippen LogP contribution in [0.15, 0.2) is 24.3 Å². The minimum Gasteiger partial charge on any atom is -0.375 e. The Morgan fingerprint density at radius 2 is 2.25 bits per heavy atom. The number of ether oxygens (including phenoxy) is 1. The number of rotatable bonds is 7. The fourth-order valence-electron chi connectivity index (χ4n) is 1.59. The fraction of sp³-hybridized carbons (Fsp3) is 0.538. The molecular formula is C13H18ClNO. The molecule has 16 heavy (non-hydrogen) atoms. The van der Waals surface area contributed by atoms with Crippen molar-refractivity contribution in [2.45, 2.75) is 19.4 Å². The van der Waals surface area contributed by atoms with E-state index in [4.69, 9.17) is 16.3 Å². The van der Waals surface area contributed by atoms with E-state index in [1.807, 2.05) is 24.3 Å². The highest BCUT2D eigenvalue weighted by atomic mass is 35.5. The quantitative estimate of drug-likeness (QED) is 0.739. The van der Waals surface area contributed by atoms with Crippen LogP contribution in [0.25, 0.3) is 0 Å². The van der Waals surface area contributed by atoms with Crippen LogP contribution < -0.4 is 5.32 Å². The molecule has 2 rings (SSSR count). The van der Waals surface area contributed by atoms with Crippen molar-refractivity contribution in [3.8, 4) is 0 Å². The molecule has 1 aromatic rings. The van der Waals surface area contributed by atoms with Crippen LogP contribution in [0.1, 0.15) is 18.4 Å². The molecule has 88 valence electrons. The number of nitrogens with one attached hydrogen (secondary N) is 1. The van der Waals surface area contributed by atoms with Gasteiger partial charge < -0.3 is 10.1 Å². The van der Waals surface area contributed by atoms with Crippen molar-refractivity contribution in [1.29, 1.82) is 0 Å². The zero-order valence-corrected chi connectivity index (χ0v) is 10.2. The van der Waals surface area contributed by atoms with Gasteiger partial charge in [-0.2, -0.15) is 0 Å². The summed E-state index contributed by atoms with van der Waals surface area (Å²) in [5, 5.41) is 4.17. The van der Waals surface area contributed by atoms with E-state index >= 15 is 0 Å². The Labute approximate surface area is 102 Å². The Bertz CT molecular complexity index is 325. The molecule has 1 N–H and O–H groups in total. The Morgan fingerprint density at radius 3 is 3.00 bits per heavy atom. The highest BCUT2D eigenvalue weighted by molar-refractivity contribution is 6.30. The highest BCUT2D eigenvalue weighted by Crippen LogP contribution is 2.27. The van der Waals surface area contributed by atoms with E-state index in [-0.39, 0.29) is 0 Å². The SMILES string of the molecule is Clc1cccc(COCCNCC2CC2)c1. The third-order valence-corrected chi connectivity index (χ3v) is 2.95. The standard InChI is InChI=1S/C13H18ClNO/c14-13-3-1-2-12(8-13)10-16-7-6-15-9-11-4-5-11/h1-3,8,11,15H,4-7,9-10H2. The van der Waals surface area contributed by atoms with E-state index in [1.165, 1.54) is 12.8 Å². The van der Waals surface area contributed by atoms with Crippen molar-refractivity contribution < 1.29 is 4.74 Å². The number of hydrogen-bond donors (Lipinski definition) is 1. The van der Waals surface area contributed by atoms with E-state index in [0.717, 1.165) is 36.2 Å². The minimum absolute atomic E-state index is 0.645. The molecule has 0 unspecified atom stereocenters. The maximum absolute atomic E-state index is 5.88. The van der Waals surface area contributed by atoms with Gasteiger partial charge in [0.2, 0.25) is 0 Å². The Morgan fingerprint density at radius 1 is 1.38 bits per heavy atom. The van der Waals surface area contributed by atoms with E-state index < -0.39 is 0 Å². The van der Waals surface area contributed by atoms with Crippen molar-refractivity contribution in [2.24, 2.45) is 5.92 Å². The van der Waals surface area contributed by atoms with Crippen LogP contribution in [-0.2, 0) is 11.3 Å². The van der Waals surface area contributed by atoms with Crippen LogP contribution in [0.3, 0.4) is 0 Å². The van der Waals surface area contributed by atoms with Crippen molar-refractivity contribution in [2.75, 3.05) is 19.7 Å². The summed E-state index contributed by atoms with van der Waals surface area (Å²) >= 11 is 5.88. The predicted molar refractivity (Wildman–Crippen MR) is 66.7 cm³/mol. The molecule has 0 aromatic heterocycles. The topological polar surface area (TPSA) is 21.3 Å². The molecule has 1 aliphatic rings. The summed E-state index contributed by atoms with van der Waals surface area (Å²) in [6, 6.07) is 7.80. The fourth-order valence-corrected chi connectivity index (χ4v) is 1.80. The molecule has 0 bridgehead atoms. The van der Waals surface area contributed by atoms with Gasteiger partial charge >= 0.3 is 0 Å². The Balaban J connectivity index is 1.53. The lowest BCUT2D eigenvalue weighted by Gasteiger charge is -2.06. The number of hydrogen-bond acceptors (Lipinski definition) is 2. The van der Waals surface area contributed by atoms with Crippen molar-refractivity contribution in [3.05, 3.63) is 34.9 Å². The monoisotopic (exact) mass is 239 g/mol. The lowest BCUT2D eigenvalue weighted by atomic mass is 10.2. The molecule has 1 saturated carbocycles. The van der Waals surface area contributed by atoms with E-state index in [9.17, 15) is 0 Å². The summed E-state index contributed by atoms with van der Waals surface area (Å²) in [7, 11) is 0. The summed E-state index contributed by atoms with van der Waals surface area (Å²) in [5.41, 5.74) is 1.13. The van der Waals surface area contributed by atoms with Crippen molar-refractivity contribution in [3.63, 3.8) is 0 Å². The number of benzene rings is 1. The second kappa shape index (κ2) is 6.24. The summed E-state index contributed by atoms with van der Waals surface area (Å²) in [6.45, 7) is 3.50. The summed E-state index contributed by atoms with van der Waals surface area (Å²) in [6.07, 6.45) is 2.80. The van der Waals surface area contributed by atoms with Crippen LogP contribution in [0.4, 0.5) is 0 Å². The molecule has 0 heterocycles. The molecule has 1 aliphatic carbocycles. The Hall–Kier alpha value is -0.570. The summed E-state index contributed by atoms with van der Waals surface area (Å²) in [5.74, 6) is 0.938. The molecule has 2 nitrogen and oxygen atoms in total. The van der Waals surface area contributed by atoms with Gasteiger partial charge in [0.15, 0.2) is 0 Å². The van der Waals surface area contributed by atoms with Gasteiger partial charge in [-0.3, -0.25) is 0 Å². The molecule has 0 atom stereocenters. The van der Waals surface area contributed by atoms with Gasteiger partial charge in [-0.15, -0.1) is 0 Å². The maximum Gasteiger partial charge on any atom is 0.0718 e. The van der Waals surface area contributed by atoms with Crippen LogP contribution in [0.5, 0.6) is 0 Å². The summed E-state index contributed by atoms with van der Waals surface area (Å²) in [4.78, 5) is 0. The van der Waals surface area contributed by atoms with Crippen LogP contribution in [0.2, 0.25) is 5.02 Å². The van der Waals surface area contributed by atoms with Crippen LogP contribution >= 0.6 is 11.6 Å². The average Bonchev–Trinajstić information content (AvgIpc) is 3.07. The zero-order valence-electron chi connectivity index (χ0n) is 9.42. The lowest BCUT2D eigenvalue weighted by Crippen LogP contribution is -2.21. The molecule has 0 radical (unpaired) electrons. The minimum atomic E-state index is 0.645. The molecule has 1 fully saturated rings. The first-order valence-corrected chi connectivity index (χ1v) is 6.25.